The summed E-state index contributed by atoms with van der Waals surface area (Å²) in [5.41, 5.74) is 10.2. The number of hydrogen-bond acceptors (Lipinski definition) is 2. The van der Waals surface area contributed by atoms with E-state index in [2.05, 4.69) is 69.3 Å². The zero-order valence-electron chi connectivity index (χ0n) is 19.6. The van der Waals surface area contributed by atoms with Gasteiger partial charge in [0.05, 0.1) is 22.5 Å². The number of hydrogen-bond donors (Lipinski definition) is 0. The first-order chi connectivity index (χ1) is 16.4. The third-order valence-electron chi connectivity index (χ3n) is 6.65. The van der Waals surface area contributed by atoms with Gasteiger partial charge in [-0.15, -0.1) is 0 Å². The van der Waals surface area contributed by atoms with Crippen LogP contribution in [0.2, 0.25) is 5.02 Å². The van der Waals surface area contributed by atoms with Gasteiger partial charge in [0.25, 0.3) is 0 Å². The number of halogens is 1. The molecule has 0 amide bonds. The summed E-state index contributed by atoms with van der Waals surface area (Å²) in [4.78, 5) is 5.30. The minimum atomic E-state index is -0.163. The molecule has 2 aromatic heterocycles. The lowest BCUT2D eigenvalue weighted by molar-refractivity contribution is 0.565. The van der Waals surface area contributed by atoms with Gasteiger partial charge in [0.1, 0.15) is 0 Å². The van der Waals surface area contributed by atoms with E-state index < -0.39 is 0 Å². The summed E-state index contributed by atoms with van der Waals surface area (Å²) in [7, 11) is 0. The van der Waals surface area contributed by atoms with E-state index in [1.54, 1.807) is 0 Å². The van der Waals surface area contributed by atoms with Crippen LogP contribution in [0.1, 0.15) is 37.7 Å². The molecule has 0 radical (unpaired) electrons. The van der Waals surface area contributed by atoms with Crippen molar-refractivity contribution in [3.63, 3.8) is 0 Å². The fraction of sp³-hybridized carbons (Fsp3) is 0.200. The molecule has 1 aliphatic carbocycles. The third-order valence-corrected chi connectivity index (χ3v) is 6.90. The van der Waals surface area contributed by atoms with Crippen molar-refractivity contribution in [1.82, 2.24) is 14.8 Å². The molecule has 1 aliphatic rings. The van der Waals surface area contributed by atoms with Gasteiger partial charge in [-0.3, -0.25) is 0 Å². The zero-order chi connectivity index (χ0) is 23.4. The SMILES string of the molecule is CC(C)(C)c1nn(-c2ccccc2)c2nc3c(c(-c4ccc(Cl)cc4)c12)-c1ccccc1CC3. The smallest absolute Gasteiger partial charge is 0.164 e. The second kappa shape index (κ2) is 7.82. The Labute approximate surface area is 205 Å². The van der Waals surface area contributed by atoms with Crippen LogP contribution >= 0.6 is 11.6 Å². The Kier molecular flexibility index (Phi) is 4.86. The number of benzene rings is 3. The van der Waals surface area contributed by atoms with Gasteiger partial charge in [0, 0.05) is 21.6 Å². The summed E-state index contributed by atoms with van der Waals surface area (Å²) in [6.45, 7) is 6.68. The van der Waals surface area contributed by atoms with Crippen LogP contribution in [0.3, 0.4) is 0 Å². The first kappa shape index (κ1) is 21.1. The number of fused-ring (bicyclic) bond motifs is 4. The largest absolute Gasteiger partial charge is 0.232 e. The molecule has 5 aromatic rings. The quantitative estimate of drug-likeness (QED) is 0.267. The van der Waals surface area contributed by atoms with Crippen LogP contribution in [0, 0.1) is 0 Å². The molecule has 168 valence electrons. The topological polar surface area (TPSA) is 30.7 Å². The predicted octanol–water partition coefficient (Wildman–Crippen LogP) is 7.80. The Morgan fingerprint density at radius 2 is 1.50 bits per heavy atom. The third kappa shape index (κ3) is 3.35. The Hall–Kier alpha value is -3.43. The molecule has 3 nitrogen and oxygen atoms in total. The Morgan fingerprint density at radius 3 is 2.24 bits per heavy atom. The molecule has 0 aliphatic heterocycles. The standard InChI is InChI=1S/C30H26ClN3/c1-30(2,3)28-27-25(20-13-16-21(31)17-14-20)26-23-12-8-7-9-19(23)15-18-24(26)32-29(27)34(33-28)22-10-5-4-6-11-22/h4-14,16-17H,15,18H2,1-3H3. The number of para-hydroxylation sites is 1. The van der Waals surface area contributed by atoms with E-state index >= 15 is 0 Å². The van der Waals surface area contributed by atoms with Gasteiger partial charge < -0.3 is 0 Å². The fourth-order valence-corrected chi connectivity index (χ4v) is 5.21. The van der Waals surface area contributed by atoms with Gasteiger partial charge in [-0.05, 0) is 53.8 Å². The Balaban J connectivity index is 1.81. The molecule has 6 rings (SSSR count). The average Bonchev–Trinajstić information content (AvgIpc) is 3.23. The number of aromatic nitrogens is 3. The van der Waals surface area contributed by atoms with Crippen molar-refractivity contribution in [3.8, 4) is 27.9 Å². The Bertz CT molecular complexity index is 1520. The summed E-state index contributed by atoms with van der Waals surface area (Å²) in [5.74, 6) is 0. The van der Waals surface area contributed by atoms with Crippen molar-refractivity contribution in [1.29, 1.82) is 0 Å². The normalized spacial score (nSPS) is 13.1. The summed E-state index contributed by atoms with van der Waals surface area (Å²) in [6, 6.07) is 27.3. The lowest BCUT2D eigenvalue weighted by Gasteiger charge is -2.24. The minimum absolute atomic E-state index is 0.163. The van der Waals surface area contributed by atoms with Gasteiger partial charge >= 0.3 is 0 Å². The highest BCUT2D eigenvalue weighted by Gasteiger charge is 2.31. The number of nitrogens with zero attached hydrogens (tertiary/aromatic N) is 3. The summed E-state index contributed by atoms with van der Waals surface area (Å²) < 4.78 is 2.02. The minimum Gasteiger partial charge on any atom is -0.232 e. The van der Waals surface area contributed by atoms with E-state index in [0.717, 1.165) is 51.5 Å². The lowest BCUT2D eigenvalue weighted by atomic mass is 9.80. The number of aryl methyl sites for hydroxylation is 2. The molecular formula is C30H26ClN3. The zero-order valence-corrected chi connectivity index (χ0v) is 20.4. The molecule has 0 saturated heterocycles. The van der Waals surface area contributed by atoms with Crippen LogP contribution in [-0.4, -0.2) is 14.8 Å². The van der Waals surface area contributed by atoms with Crippen molar-refractivity contribution in [2.75, 3.05) is 0 Å². The molecular weight excluding hydrogens is 438 g/mol. The molecule has 0 fully saturated rings. The average molecular weight is 464 g/mol. The van der Waals surface area contributed by atoms with Gasteiger partial charge in [-0.25, -0.2) is 9.67 Å². The van der Waals surface area contributed by atoms with E-state index in [1.165, 1.54) is 22.3 Å². The monoisotopic (exact) mass is 463 g/mol. The van der Waals surface area contributed by atoms with Crippen molar-refractivity contribution < 1.29 is 0 Å². The number of pyridine rings is 1. The highest BCUT2D eigenvalue weighted by Crippen LogP contribution is 2.46. The van der Waals surface area contributed by atoms with Crippen molar-refractivity contribution in [2.45, 2.75) is 39.0 Å². The number of rotatable bonds is 2. The first-order valence-electron chi connectivity index (χ1n) is 11.8. The van der Waals surface area contributed by atoms with E-state index in [9.17, 15) is 0 Å². The molecule has 0 atom stereocenters. The Morgan fingerprint density at radius 1 is 0.794 bits per heavy atom. The van der Waals surface area contributed by atoms with Crippen molar-refractivity contribution in [3.05, 3.63) is 101 Å². The van der Waals surface area contributed by atoms with Crippen LogP contribution in [0.15, 0.2) is 78.9 Å². The van der Waals surface area contributed by atoms with E-state index in [1.807, 2.05) is 35.0 Å². The second-order valence-corrected chi connectivity index (χ2v) is 10.5. The molecule has 34 heavy (non-hydrogen) atoms. The molecule has 0 bridgehead atoms. The van der Waals surface area contributed by atoms with Crippen LogP contribution in [0.25, 0.3) is 39.0 Å². The van der Waals surface area contributed by atoms with Gasteiger partial charge in [-0.2, -0.15) is 5.10 Å². The summed E-state index contributed by atoms with van der Waals surface area (Å²) >= 11 is 6.30. The van der Waals surface area contributed by atoms with Crippen LogP contribution in [0.5, 0.6) is 0 Å². The van der Waals surface area contributed by atoms with Gasteiger partial charge in [0.15, 0.2) is 5.65 Å². The van der Waals surface area contributed by atoms with Crippen molar-refractivity contribution >= 4 is 22.6 Å². The summed E-state index contributed by atoms with van der Waals surface area (Å²) in [6.07, 6.45) is 1.90. The molecule has 0 saturated carbocycles. The molecule has 0 unspecified atom stereocenters. The van der Waals surface area contributed by atoms with Crippen LogP contribution in [-0.2, 0) is 18.3 Å². The maximum absolute atomic E-state index is 6.30. The highest BCUT2D eigenvalue weighted by molar-refractivity contribution is 6.30. The maximum Gasteiger partial charge on any atom is 0.164 e. The fourth-order valence-electron chi connectivity index (χ4n) is 5.08. The second-order valence-electron chi connectivity index (χ2n) is 10.0. The maximum atomic E-state index is 6.30. The first-order valence-corrected chi connectivity index (χ1v) is 12.2. The molecule has 3 aromatic carbocycles. The van der Waals surface area contributed by atoms with Crippen LogP contribution in [0.4, 0.5) is 0 Å². The molecule has 0 N–H and O–H groups in total. The lowest BCUT2D eigenvalue weighted by Crippen LogP contribution is -2.14. The van der Waals surface area contributed by atoms with E-state index in [0.29, 0.717) is 0 Å². The molecule has 4 heteroatoms. The summed E-state index contributed by atoms with van der Waals surface area (Å²) in [5, 5.41) is 7.04. The molecule has 0 spiro atoms. The van der Waals surface area contributed by atoms with Gasteiger partial charge in [-0.1, -0.05) is 87.0 Å². The van der Waals surface area contributed by atoms with Gasteiger partial charge in [0.2, 0.25) is 0 Å². The predicted molar refractivity (Wildman–Crippen MR) is 141 cm³/mol. The van der Waals surface area contributed by atoms with Crippen molar-refractivity contribution in [2.24, 2.45) is 0 Å². The van der Waals surface area contributed by atoms with Crippen LogP contribution < -0.4 is 0 Å². The molecule has 2 heterocycles. The highest BCUT2D eigenvalue weighted by atomic mass is 35.5. The van der Waals surface area contributed by atoms with E-state index in [4.69, 9.17) is 21.7 Å². The van der Waals surface area contributed by atoms with E-state index in [-0.39, 0.29) is 5.41 Å².